The third kappa shape index (κ3) is 3.82. The van der Waals surface area contributed by atoms with Gasteiger partial charge in [-0.1, -0.05) is 30.3 Å². The minimum atomic E-state index is -0.534. The van der Waals surface area contributed by atoms with Crippen molar-refractivity contribution < 1.29 is 19.1 Å². The Morgan fingerprint density at radius 1 is 0.964 bits per heavy atom. The molecule has 0 amide bonds. The number of hydrogen-bond donors (Lipinski definition) is 0. The molecule has 1 atom stereocenters. The molecule has 2 aromatic rings. The number of carbonyl (C=O) groups excluding carboxylic acids is 2. The SMILES string of the molecule is CC[S+]1c2ccccc2-c2ccccc2N1/C=C(\C=CC(=O)OC)C(=O)OC. The van der Waals surface area contributed by atoms with Gasteiger partial charge >= 0.3 is 11.9 Å². The molecule has 0 saturated carbocycles. The molecular weight excluding hydrogens is 374 g/mol. The van der Waals surface area contributed by atoms with Crippen LogP contribution in [0.5, 0.6) is 0 Å². The molecule has 3 rings (SSSR count). The van der Waals surface area contributed by atoms with E-state index < -0.39 is 11.9 Å². The molecule has 2 aromatic carbocycles. The van der Waals surface area contributed by atoms with Crippen LogP contribution < -0.4 is 4.31 Å². The molecule has 0 saturated heterocycles. The maximum Gasteiger partial charge on any atom is 0.339 e. The zero-order chi connectivity index (χ0) is 20.1. The van der Waals surface area contributed by atoms with Crippen molar-refractivity contribution in [3.63, 3.8) is 0 Å². The summed E-state index contributed by atoms with van der Waals surface area (Å²) in [5.74, 6) is -0.179. The maximum atomic E-state index is 12.3. The molecule has 1 unspecified atom stereocenters. The first-order valence-corrected chi connectivity index (χ1v) is 10.2. The molecule has 0 aromatic heterocycles. The van der Waals surface area contributed by atoms with Crippen LogP contribution in [0, 0.1) is 0 Å². The molecule has 28 heavy (non-hydrogen) atoms. The number of benzene rings is 2. The Bertz CT molecular complexity index is 951. The van der Waals surface area contributed by atoms with E-state index in [0.717, 1.165) is 17.0 Å². The summed E-state index contributed by atoms with van der Waals surface area (Å²) in [6, 6.07) is 16.4. The quantitative estimate of drug-likeness (QED) is 0.332. The van der Waals surface area contributed by atoms with Gasteiger partial charge in [0.1, 0.15) is 16.8 Å². The number of rotatable bonds is 5. The van der Waals surface area contributed by atoms with Crippen molar-refractivity contribution in [2.45, 2.75) is 11.8 Å². The zero-order valence-corrected chi connectivity index (χ0v) is 16.9. The van der Waals surface area contributed by atoms with Crippen LogP contribution in [-0.4, -0.2) is 31.9 Å². The van der Waals surface area contributed by atoms with Gasteiger partial charge in [0.25, 0.3) is 0 Å². The van der Waals surface area contributed by atoms with Gasteiger partial charge in [0.2, 0.25) is 0 Å². The Hall–Kier alpha value is -2.99. The highest BCUT2D eigenvalue weighted by Crippen LogP contribution is 2.44. The molecule has 0 aliphatic carbocycles. The number of ether oxygens (including phenoxy) is 2. The Labute approximate surface area is 167 Å². The summed E-state index contributed by atoms with van der Waals surface area (Å²) < 4.78 is 11.6. The fourth-order valence-corrected chi connectivity index (χ4v) is 5.18. The van der Waals surface area contributed by atoms with E-state index in [1.807, 2.05) is 30.3 Å². The largest absolute Gasteiger partial charge is 0.466 e. The average molecular weight is 396 g/mol. The molecule has 0 bridgehead atoms. The maximum absolute atomic E-state index is 12.3. The predicted molar refractivity (Wildman–Crippen MR) is 112 cm³/mol. The summed E-state index contributed by atoms with van der Waals surface area (Å²) in [5.41, 5.74) is 3.60. The summed E-state index contributed by atoms with van der Waals surface area (Å²) in [5, 5.41) is 0. The molecule has 0 N–H and O–H groups in total. The van der Waals surface area contributed by atoms with Crippen molar-refractivity contribution in [3.05, 3.63) is 72.5 Å². The first-order chi connectivity index (χ1) is 13.6. The number of esters is 2. The van der Waals surface area contributed by atoms with E-state index in [1.54, 1.807) is 6.20 Å². The van der Waals surface area contributed by atoms with Crippen LogP contribution in [0.4, 0.5) is 5.69 Å². The van der Waals surface area contributed by atoms with Gasteiger partial charge in [0.05, 0.1) is 31.7 Å². The second-order valence-corrected chi connectivity index (χ2v) is 8.07. The molecule has 144 valence electrons. The van der Waals surface area contributed by atoms with E-state index in [4.69, 9.17) is 4.74 Å². The van der Waals surface area contributed by atoms with Gasteiger partial charge < -0.3 is 9.47 Å². The highest BCUT2D eigenvalue weighted by atomic mass is 32.2. The molecule has 1 aliphatic rings. The number of hydrogen-bond acceptors (Lipinski definition) is 5. The summed E-state index contributed by atoms with van der Waals surface area (Å²) in [7, 11) is 2.61. The van der Waals surface area contributed by atoms with Gasteiger partial charge in [0, 0.05) is 17.2 Å². The van der Waals surface area contributed by atoms with Crippen molar-refractivity contribution in [2.24, 2.45) is 0 Å². The molecule has 5 nitrogen and oxygen atoms in total. The topological polar surface area (TPSA) is 55.8 Å². The van der Waals surface area contributed by atoms with Gasteiger partial charge in [-0.05, 0) is 31.2 Å². The van der Waals surface area contributed by atoms with Crippen molar-refractivity contribution in [2.75, 3.05) is 24.3 Å². The van der Waals surface area contributed by atoms with Crippen molar-refractivity contribution in [1.82, 2.24) is 0 Å². The summed E-state index contributed by atoms with van der Waals surface area (Å²) in [6.45, 7) is 2.12. The Morgan fingerprint density at radius 3 is 2.32 bits per heavy atom. The van der Waals surface area contributed by atoms with Gasteiger partial charge in [-0.25, -0.2) is 9.59 Å². The van der Waals surface area contributed by atoms with Crippen LogP contribution >= 0.6 is 0 Å². The second kappa shape index (κ2) is 8.80. The lowest BCUT2D eigenvalue weighted by molar-refractivity contribution is -0.135. The number of nitrogens with zero attached hydrogens (tertiary/aromatic N) is 1. The van der Waals surface area contributed by atoms with E-state index in [-0.39, 0.29) is 16.7 Å². The fraction of sp³-hybridized carbons (Fsp3) is 0.182. The third-order valence-corrected chi connectivity index (χ3v) is 6.55. The first kappa shape index (κ1) is 19.8. The first-order valence-electron chi connectivity index (χ1n) is 8.85. The molecule has 1 heterocycles. The van der Waals surface area contributed by atoms with Crippen LogP contribution in [0.3, 0.4) is 0 Å². The third-order valence-electron chi connectivity index (χ3n) is 4.36. The van der Waals surface area contributed by atoms with Gasteiger partial charge in [-0.3, -0.25) is 0 Å². The van der Waals surface area contributed by atoms with Gasteiger partial charge in [-0.2, -0.15) is 4.31 Å². The molecular formula is C22H22NO4S+. The number of methoxy groups -OCH3 is 2. The Kier molecular flexibility index (Phi) is 6.21. The number of anilines is 1. The minimum absolute atomic E-state index is 0.271. The smallest absolute Gasteiger partial charge is 0.339 e. The van der Waals surface area contributed by atoms with E-state index in [9.17, 15) is 9.59 Å². The Morgan fingerprint density at radius 2 is 1.64 bits per heavy atom. The van der Waals surface area contributed by atoms with Crippen molar-refractivity contribution >= 4 is 28.7 Å². The number of fused-ring (bicyclic) bond motifs is 3. The standard InChI is InChI=1S/C22H22NO4S/c1-4-28-20-12-8-6-10-18(20)17-9-5-7-11-19(17)23(28)15-16(22(25)27-3)13-14-21(24)26-2/h5-15H,4H2,1-3H3/q+1/b14-13?,16-15+. The van der Waals surface area contributed by atoms with Crippen LogP contribution in [0.1, 0.15) is 6.92 Å². The fourth-order valence-electron chi connectivity index (χ4n) is 3.07. The summed E-state index contributed by atoms with van der Waals surface area (Å²) in [6.07, 6.45) is 4.40. The number of carbonyl (C=O) groups is 2. The van der Waals surface area contributed by atoms with Gasteiger partial charge in [-0.15, -0.1) is 0 Å². The zero-order valence-electron chi connectivity index (χ0n) is 16.0. The lowest BCUT2D eigenvalue weighted by Crippen LogP contribution is -2.32. The highest BCUT2D eigenvalue weighted by molar-refractivity contribution is 7.98. The van der Waals surface area contributed by atoms with Crippen LogP contribution in [0.25, 0.3) is 11.1 Å². The Balaban J connectivity index is 2.15. The van der Waals surface area contributed by atoms with E-state index in [1.165, 1.54) is 36.8 Å². The van der Waals surface area contributed by atoms with Gasteiger partial charge in [0.15, 0.2) is 4.90 Å². The summed E-state index contributed by atoms with van der Waals surface area (Å²) in [4.78, 5) is 25.0. The number of para-hydroxylation sites is 1. The average Bonchev–Trinajstić information content (AvgIpc) is 2.75. The van der Waals surface area contributed by atoms with Crippen LogP contribution in [0.15, 0.2) is 77.4 Å². The van der Waals surface area contributed by atoms with Crippen molar-refractivity contribution in [3.8, 4) is 11.1 Å². The monoisotopic (exact) mass is 396 g/mol. The van der Waals surface area contributed by atoms with E-state index in [2.05, 4.69) is 34.2 Å². The minimum Gasteiger partial charge on any atom is -0.466 e. The molecule has 0 fully saturated rings. The van der Waals surface area contributed by atoms with E-state index >= 15 is 0 Å². The van der Waals surface area contributed by atoms with E-state index in [0.29, 0.717) is 0 Å². The van der Waals surface area contributed by atoms with Crippen molar-refractivity contribution in [1.29, 1.82) is 0 Å². The lowest BCUT2D eigenvalue weighted by Gasteiger charge is -2.28. The second-order valence-electron chi connectivity index (χ2n) is 5.93. The highest BCUT2D eigenvalue weighted by Gasteiger charge is 2.38. The summed E-state index contributed by atoms with van der Waals surface area (Å²) >= 11 is -0.282. The lowest BCUT2D eigenvalue weighted by atomic mass is 10.0. The van der Waals surface area contributed by atoms with Crippen LogP contribution in [0.2, 0.25) is 0 Å². The molecule has 1 aliphatic heterocycles. The molecule has 6 heteroatoms. The predicted octanol–water partition coefficient (Wildman–Crippen LogP) is 3.87. The normalized spacial score (nSPS) is 15.8. The van der Waals surface area contributed by atoms with Crippen LogP contribution in [-0.2, 0) is 30.1 Å². The molecule has 0 spiro atoms. The molecule has 0 radical (unpaired) electrons.